The molecule has 5 nitrogen and oxygen atoms in total. The minimum Gasteiger partial charge on any atom is -0.480 e. The van der Waals surface area contributed by atoms with Crippen molar-refractivity contribution >= 4 is 11.9 Å². The summed E-state index contributed by atoms with van der Waals surface area (Å²) in [5.74, 6) is -1.92. The highest BCUT2D eigenvalue weighted by atomic mass is 16.5. The summed E-state index contributed by atoms with van der Waals surface area (Å²) in [6, 6.07) is -1.16. The van der Waals surface area contributed by atoms with E-state index in [1.807, 2.05) is 0 Å². The maximum atomic E-state index is 9.99. The number of carboxylic acid groups (broad SMARTS) is 1. The Bertz CT molecular complexity index is 134. The smallest absolute Gasteiger partial charge is 0.321 e. The summed E-state index contributed by atoms with van der Waals surface area (Å²) >= 11 is 0. The second-order valence-corrected chi connectivity index (χ2v) is 1.62. The molecule has 0 aliphatic rings. The summed E-state index contributed by atoms with van der Waals surface area (Å²) in [6.07, 6.45) is -0.310. The van der Waals surface area contributed by atoms with Crippen LogP contribution in [-0.2, 0) is 9.59 Å². The fraction of sp³-hybridized carbons (Fsp3) is 0.500. The SMILES string of the molecule is [15NH2][13C](=O)[13CH2][13C@H]([15NH2])[13C](=O)O. The van der Waals surface area contributed by atoms with Crippen molar-refractivity contribution in [1.29, 1.82) is 0 Å². The summed E-state index contributed by atoms with van der Waals surface area (Å²) in [5, 5.41) is 8.10. The number of aliphatic carboxylic acids is 1. The second kappa shape index (κ2) is 3.03. The highest BCUT2D eigenvalue weighted by molar-refractivity contribution is 5.82. The van der Waals surface area contributed by atoms with Crippen molar-refractivity contribution in [2.24, 2.45) is 11.5 Å². The van der Waals surface area contributed by atoms with Crippen molar-refractivity contribution in [3.8, 4) is 0 Å². The van der Waals surface area contributed by atoms with Crippen LogP contribution in [0.5, 0.6) is 0 Å². The molecule has 5 N–H and O–H groups in total. The monoisotopic (exact) mass is 138 g/mol. The molecule has 0 unspecified atom stereocenters. The molecule has 0 aromatic rings. The highest BCUT2D eigenvalue weighted by Crippen LogP contribution is 1.84. The molecule has 1 atom stereocenters. The number of carbonyl (C=O) groups excluding carboxylic acids is 1. The van der Waals surface area contributed by atoms with Crippen LogP contribution in [0.25, 0.3) is 0 Å². The zero-order valence-electron chi connectivity index (χ0n) is 4.70. The molecule has 0 aliphatic carbocycles. The Morgan fingerprint density at radius 3 is 2.11 bits per heavy atom. The van der Waals surface area contributed by atoms with Gasteiger partial charge in [0, 0.05) is 0 Å². The van der Waals surface area contributed by atoms with E-state index in [9.17, 15) is 9.59 Å². The molecule has 9 heavy (non-hydrogen) atoms. The third-order valence-corrected chi connectivity index (χ3v) is 0.738. The third kappa shape index (κ3) is 3.48. The lowest BCUT2D eigenvalue weighted by atomic mass is 11.2. The molecular formula is C4H8N2O3. The summed E-state index contributed by atoms with van der Waals surface area (Å²) in [6.45, 7) is 0. The normalized spacial score (nSPS) is 12.6. The van der Waals surface area contributed by atoms with Crippen LogP contribution < -0.4 is 11.5 Å². The lowest BCUT2D eigenvalue weighted by Crippen LogP contribution is -2.34. The van der Waals surface area contributed by atoms with E-state index < -0.39 is 17.9 Å². The molecule has 52 valence electrons. The molecule has 0 heterocycles. The number of hydrogen-bond donors (Lipinski definition) is 3. The molecule has 0 radical (unpaired) electrons. The van der Waals surface area contributed by atoms with Gasteiger partial charge in [-0.1, -0.05) is 0 Å². The molecule has 0 rings (SSSR count). The lowest BCUT2D eigenvalue weighted by Gasteiger charge is -1.99. The maximum Gasteiger partial charge on any atom is 0.321 e. The predicted octanol–water partition coefficient (Wildman–Crippen LogP) is -1.73. The van der Waals surface area contributed by atoms with E-state index in [4.69, 9.17) is 10.8 Å². The molecule has 0 spiro atoms. The van der Waals surface area contributed by atoms with Gasteiger partial charge in [-0.25, -0.2) is 0 Å². The van der Waals surface area contributed by atoms with Crippen LogP contribution in [0.3, 0.4) is 0 Å². The van der Waals surface area contributed by atoms with E-state index in [0.717, 1.165) is 0 Å². The first-order valence-corrected chi connectivity index (χ1v) is 2.30. The van der Waals surface area contributed by atoms with E-state index >= 15 is 0 Å². The van der Waals surface area contributed by atoms with Gasteiger partial charge in [-0.3, -0.25) is 9.59 Å². The molecule has 0 aromatic carbocycles. The van der Waals surface area contributed by atoms with Gasteiger partial charge < -0.3 is 16.6 Å². The van der Waals surface area contributed by atoms with E-state index in [0.29, 0.717) is 0 Å². The Labute approximate surface area is 51.6 Å². The van der Waals surface area contributed by atoms with E-state index in [-0.39, 0.29) is 6.42 Å². The van der Waals surface area contributed by atoms with E-state index in [2.05, 4.69) is 5.73 Å². The fourth-order valence-corrected chi connectivity index (χ4v) is 0.304. The summed E-state index contributed by atoms with van der Waals surface area (Å²) < 4.78 is 0. The molecule has 1 amide bonds. The van der Waals surface area contributed by atoms with Gasteiger partial charge in [-0.05, 0) is 0 Å². The number of rotatable bonds is 3. The minimum absolute atomic E-state index is 0.310. The first kappa shape index (κ1) is 7.90. The molecule has 5 heteroatoms. The van der Waals surface area contributed by atoms with Gasteiger partial charge in [-0.2, -0.15) is 0 Å². The van der Waals surface area contributed by atoms with Gasteiger partial charge in [0.05, 0.1) is 6.42 Å². The zero-order chi connectivity index (χ0) is 7.44. The number of hydrogen-bond acceptors (Lipinski definition) is 3. The average Bonchev–Trinajstić information content (AvgIpc) is 1.63. The van der Waals surface area contributed by atoms with Gasteiger partial charge in [0.25, 0.3) is 0 Å². The third-order valence-electron chi connectivity index (χ3n) is 0.738. The van der Waals surface area contributed by atoms with Crippen molar-refractivity contribution in [2.75, 3.05) is 0 Å². The molecule has 0 saturated carbocycles. The first-order valence-electron chi connectivity index (χ1n) is 2.30. The summed E-state index contributed by atoms with van der Waals surface area (Å²) in [4.78, 5) is 19.9. The van der Waals surface area contributed by atoms with Crippen LogP contribution in [0.2, 0.25) is 0 Å². The Balaban J connectivity index is 3.63. The van der Waals surface area contributed by atoms with Gasteiger partial charge in [0.1, 0.15) is 6.04 Å². The zero-order valence-corrected chi connectivity index (χ0v) is 4.70. The quantitative estimate of drug-likeness (QED) is 0.318. The first-order chi connectivity index (χ1) is 4.04. The van der Waals surface area contributed by atoms with Crippen molar-refractivity contribution in [3.63, 3.8) is 0 Å². The molecule has 0 saturated heterocycles. The second-order valence-electron chi connectivity index (χ2n) is 1.62. The Morgan fingerprint density at radius 2 is 2.00 bits per heavy atom. The number of primary amides is 1. The lowest BCUT2D eigenvalue weighted by molar-refractivity contribution is -0.140. The summed E-state index contributed by atoms with van der Waals surface area (Å²) in [5.41, 5.74) is 9.57. The van der Waals surface area contributed by atoms with Crippen LogP contribution >= 0.6 is 0 Å². The van der Waals surface area contributed by atoms with E-state index in [1.54, 1.807) is 0 Å². The number of amides is 1. The van der Waals surface area contributed by atoms with Crippen LogP contribution in [0.1, 0.15) is 6.42 Å². The van der Waals surface area contributed by atoms with E-state index in [1.165, 1.54) is 0 Å². The predicted molar refractivity (Wildman–Crippen MR) is 29.4 cm³/mol. The van der Waals surface area contributed by atoms with Gasteiger partial charge >= 0.3 is 5.97 Å². The minimum atomic E-state index is -1.21. The number of carboxylic acids is 1. The van der Waals surface area contributed by atoms with Gasteiger partial charge in [-0.15, -0.1) is 0 Å². The Kier molecular flexibility index (Phi) is 2.66. The average molecular weight is 138 g/mol. The van der Waals surface area contributed by atoms with Crippen molar-refractivity contribution < 1.29 is 14.7 Å². The molecule has 0 aliphatic heterocycles. The largest absolute Gasteiger partial charge is 0.480 e. The molecule has 0 bridgehead atoms. The molecule has 0 fully saturated rings. The number of nitrogens with two attached hydrogens (primary N) is 2. The molecule has 0 aromatic heterocycles. The standard InChI is InChI=1S/C4H8N2O3/c5-2(4(8)9)1-3(6)7/h2H,1,5H2,(H2,6,7)(H,8,9)/t2-/m0/s1/i1+1,2+1,3+1,4+1,5+1,6+1. The van der Waals surface area contributed by atoms with Crippen LogP contribution in [0, 0.1) is 0 Å². The Hall–Kier alpha value is -1.10. The van der Waals surface area contributed by atoms with Crippen molar-refractivity contribution in [3.05, 3.63) is 0 Å². The van der Waals surface area contributed by atoms with Crippen molar-refractivity contribution in [1.82, 2.24) is 0 Å². The number of carbonyl (C=O) groups is 2. The van der Waals surface area contributed by atoms with Gasteiger partial charge in [0.15, 0.2) is 0 Å². The van der Waals surface area contributed by atoms with Crippen LogP contribution in [-0.4, -0.2) is 23.0 Å². The van der Waals surface area contributed by atoms with Crippen LogP contribution in [0.4, 0.5) is 0 Å². The maximum absolute atomic E-state index is 9.99. The fourth-order valence-electron chi connectivity index (χ4n) is 0.304. The van der Waals surface area contributed by atoms with Gasteiger partial charge in [0.2, 0.25) is 5.91 Å². The van der Waals surface area contributed by atoms with Crippen LogP contribution in [0.15, 0.2) is 0 Å². The topological polar surface area (TPSA) is 106 Å². The molecular weight excluding hydrogens is 130 g/mol. The Morgan fingerprint density at radius 1 is 1.56 bits per heavy atom. The highest BCUT2D eigenvalue weighted by Gasteiger charge is 2.13. The summed E-state index contributed by atoms with van der Waals surface area (Å²) in [7, 11) is 0. The van der Waals surface area contributed by atoms with Crippen molar-refractivity contribution in [2.45, 2.75) is 12.5 Å².